The van der Waals surface area contributed by atoms with Crippen LogP contribution < -0.4 is 9.47 Å². The predicted octanol–water partition coefficient (Wildman–Crippen LogP) is 3.36. The van der Waals surface area contributed by atoms with Gasteiger partial charge < -0.3 is 19.5 Å². The number of aryl methyl sites for hydroxylation is 1. The first kappa shape index (κ1) is 18.6. The van der Waals surface area contributed by atoms with Crippen molar-refractivity contribution >= 4 is 5.97 Å². The van der Waals surface area contributed by atoms with Crippen molar-refractivity contribution in [3.8, 4) is 11.5 Å². The van der Waals surface area contributed by atoms with Gasteiger partial charge in [-0.25, -0.2) is 0 Å². The van der Waals surface area contributed by atoms with E-state index >= 15 is 0 Å². The van der Waals surface area contributed by atoms with Gasteiger partial charge in [0.25, 0.3) is 0 Å². The van der Waals surface area contributed by atoms with Gasteiger partial charge in [-0.3, -0.25) is 4.79 Å². The summed E-state index contributed by atoms with van der Waals surface area (Å²) in [5.41, 5.74) is 1.25. The highest BCUT2D eigenvalue weighted by Gasteiger charge is 2.22. The van der Waals surface area contributed by atoms with Crippen LogP contribution >= 0.6 is 0 Å². The fourth-order valence-corrected chi connectivity index (χ4v) is 3.48. The Morgan fingerprint density at radius 1 is 1.25 bits per heavy atom. The van der Waals surface area contributed by atoms with Gasteiger partial charge in [0.15, 0.2) is 11.5 Å². The van der Waals surface area contributed by atoms with Crippen molar-refractivity contribution in [3.05, 3.63) is 23.8 Å². The number of carbonyl (C=O) groups is 1. The number of methoxy groups -OCH3 is 2. The lowest BCUT2D eigenvalue weighted by molar-refractivity contribution is -0.137. The van der Waals surface area contributed by atoms with E-state index in [1.54, 1.807) is 14.2 Å². The van der Waals surface area contributed by atoms with Crippen LogP contribution in [-0.2, 0) is 11.2 Å². The van der Waals surface area contributed by atoms with E-state index in [1.165, 1.54) is 24.8 Å². The van der Waals surface area contributed by atoms with Crippen molar-refractivity contribution in [1.29, 1.82) is 0 Å². The molecule has 0 amide bonds. The number of aliphatic carboxylic acids is 1. The monoisotopic (exact) mass is 335 g/mol. The Morgan fingerprint density at radius 3 is 2.75 bits per heavy atom. The Kier molecular flexibility index (Phi) is 7.37. The van der Waals surface area contributed by atoms with Crippen molar-refractivity contribution in [1.82, 2.24) is 4.90 Å². The number of rotatable bonds is 9. The standard InChI is InChI=1S/C19H29NO4/c1-23-17-11-9-15(14-18(17)24-2)8-10-16-6-3-4-12-20(16)13-5-7-19(21)22/h9,11,14,16H,3-8,10,12-13H2,1-2H3,(H,21,22)/t16-/m1/s1. The Balaban J connectivity index is 1.89. The summed E-state index contributed by atoms with van der Waals surface area (Å²) in [7, 11) is 3.31. The first-order valence-electron chi connectivity index (χ1n) is 8.80. The van der Waals surface area contributed by atoms with Gasteiger partial charge in [0.2, 0.25) is 0 Å². The van der Waals surface area contributed by atoms with Crippen molar-refractivity contribution in [2.24, 2.45) is 0 Å². The third-order valence-corrected chi connectivity index (χ3v) is 4.80. The summed E-state index contributed by atoms with van der Waals surface area (Å²) < 4.78 is 10.7. The topological polar surface area (TPSA) is 59.0 Å². The molecule has 0 unspecified atom stereocenters. The van der Waals surface area contributed by atoms with E-state index in [0.717, 1.165) is 43.9 Å². The first-order valence-corrected chi connectivity index (χ1v) is 8.80. The van der Waals surface area contributed by atoms with E-state index in [9.17, 15) is 4.79 Å². The number of benzene rings is 1. The molecule has 1 heterocycles. The highest BCUT2D eigenvalue weighted by atomic mass is 16.5. The number of carboxylic acid groups (broad SMARTS) is 1. The van der Waals surface area contributed by atoms with Crippen LogP contribution in [0.4, 0.5) is 0 Å². The van der Waals surface area contributed by atoms with E-state index in [-0.39, 0.29) is 6.42 Å². The number of hydrogen-bond acceptors (Lipinski definition) is 4. The maximum Gasteiger partial charge on any atom is 0.303 e. The van der Waals surface area contributed by atoms with Crippen molar-refractivity contribution in [2.75, 3.05) is 27.3 Å². The van der Waals surface area contributed by atoms with E-state index < -0.39 is 5.97 Å². The van der Waals surface area contributed by atoms with E-state index in [2.05, 4.69) is 17.0 Å². The summed E-state index contributed by atoms with van der Waals surface area (Å²) in [5.74, 6) is 0.833. The Bertz CT molecular complexity index is 532. The molecular formula is C19H29NO4. The number of piperidine rings is 1. The fourth-order valence-electron chi connectivity index (χ4n) is 3.48. The molecule has 1 saturated heterocycles. The van der Waals surface area contributed by atoms with E-state index in [1.807, 2.05) is 6.07 Å². The van der Waals surface area contributed by atoms with Crippen LogP contribution in [0.1, 0.15) is 44.1 Å². The lowest BCUT2D eigenvalue weighted by Crippen LogP contribution is -2.40. The fraction of sp³-hybridized carbons (Fsp3) is 0.632. The number of hydrogen-bond donors (Lipinski definition) is 1. The molecule has 1 N–H and O–H groups in total. The summed E-state index contributed by atoms with van der Waals surface area (Å²) in [6.45, 7) is 1.99. The minimum Gasteiger partial charge on any atom is -0.493 e. The van der Waals surface area contributed by atoms with Gasteiger partial charge in [-0.1, -0.05) is 12.5 Å². The van der Waals surface area contributed by atoms with Crippen LogP contribution in [0.25, 0.3) is 0 Å². The molecule has 1 aromatic carbocycles. The predicted molar refractivity (Wildman–Crippen MR) is 93.9 cm³/mol. The average Bonchev–Trinajstić information content (AvgIpc) is 2.60. The molecule has 0 radical (unpaired) electrons. The highest BCUT2D eigenvalue weighted by Crippen LogP contribution is 2.29. The van der Waals surface area contributed by atoms with Crippen LogP contribution in [-0.4, -0.2) is 49.3 Å². The van der Waals surface area contributed by atoms with Crippen molar-refractivity contribution in [3.63, 3.8) is 0 Å². The second-order valence-corrected chi connectivity index (χ2v) is 6.41. The Labute approximate surface area is 144 Å². The molecule has 24 heavy (non-hydrogen) atoms. The molecule has 0 aliphatic carbocycles. The maximum atomic E-state index is 10.7. The largest absolute Gasteiger partial charge is 0.493 e. The molecule has 1 aromatic rings. The summed E-state index contributed by atoms with van der Waals surface area (Å²) in [5, 5.41) is 8.81. The quantitative estimate of drug-likeness (QED) is 0.750. The van der Waals surface area contributed by atoms with Crippen molar-refractivity contribution < 1.29 is 19.4 Å². The molecule has 0 bridgehead atoms. The lowest BCUT2D eigenvalue weighted by Gasteiger charge is -2.36. The molecular weight excluding hydrogens is 306 g/mol. The molecule has 5 nitrogen and oxygen atoms in total. The molecule has 2 rings (SSSR count). The lowest BCUT2D eigenvalue weighted by atomic mass is 9.95. The van der Waals surface area contributed by atoms with Crippen LogP contribution in [0, 0.1) is 0 Å². The minimum atomic E-state index is -0.700. The molecule has 0 saturated carbocycles. The Hall–Kier alpha value is -1.75. The van der Waals surface area contributed by atoms with E-state index in [4.69, 9.17) is 14.6 Å². The third kappa shape index (κ3) is 5.41. The van der Waals surface area contributed by atoms with Gasteiger partial charge in [0.1, 0.15) is 0 Å². The van der Waals surface area contributed by atoms with Gasteiger partial charge >= 0.3 is 5.97 Å². The van der Waals surface area contributed by atoms with Gasteiger partial charge in [-0.15, -0.1) is 0 Å². The van der Waals surface area contributed by atoms with Gasteiger partial charge in [0.05, 0.1) is 14.2 Å². The molecule has 1 aliphatic rings. The SMILES string of the molecule is COc1ccc(CC[C@H]2CCCCN2CCCC(=O)O)cc1OC. The first-order chi connectivity index (χ1) is 11.6. The average molecular weight is 335 g/mol. The normalized spacial score (nSPS) is 18.3. The number of nitrogens with zero attached hydrogens (tertiary/aromatic N) is 1. The van der Waals surface area contributed by atoms with Crippen LogP contribution in [0.5, 0.6) is 11.5 Å². The molecule has 0 aromatic heterocycles. The van der Waals surface area contributed by atoms with E-state index in [0.29, 0.717) is 6.04 Å². The summed E-state index contributed by atoms with van der Waals surface area (Å²) in [6.07, 6.45) is 6.80. The minimum absolute atomic E-state index is 0.263. The third-order valence-electron chi connectivity index (χ3n) is 4.80. The van der Waals surface area contributed by atoms with Crippen LogP contribution in [0.2, 0.25) is 0 Å². The number of likely N-dealkylation sites (tertiary alicyclic amines) is 1. The molecule has 1 atom stereocenters. The molecule has 1 fully saturated rings. The van der Waals surface area contributed by atoms with Crippen molar-refractivity contribution in [2.45, 2.75) is 51.0 Å². The van der Waals surface area contributed by atoms with Gasteiger partial charge in [-0.05, 0) is 62.9 Å². The molecule has 134 valence electrons. The van der Waals surface area contributed by atoms with Crippen LogP contribution in [0.3, 0.4) is 0 Å². The second kappa shape index (κ2) is 9.52. The second-order valence-electron chi connectivity index (χ2n) is 6.41. The van der Waals surface area contributed by atoms with Crippen LogP contribution in [0.15, 0.2) is 18.2 Å². The summed E-state index contributed by atoms with van der Waals surface area (Å²) in [6, 6.07) is 6.66. The maximum absolute atomic E-state index is 10.7. The zero-order chi connectivity index (χ0) is 17.4. The summed E-state index contributed by atoms with van der Waals surface area (Å²) in [4.78, 5) is 13.2. The smallest absolute Gasteiger partial charge is 0.303 e. The number of ether oxygens (including phenoxy) is 2. The zero-order valence-electron chi connectivity index (χ0n) is 14.8. The highest BCUT2D eigenvalue weighted by molar-refractivity contribution is 5.66. The van der Waals surface area contributed by atoms with Gasteiger partial charge in [0, 0.05) is 12.5 Å². The molecule has 1 aliphatic heterocycles. The summed E-state index contributed by atoms with van der Waals surface area (Å²) >= 11 is 0. The van der Waals surface area contributed by atoms with Gasteiger partial charge in [-0.2, -0.15) is 0 Å². The molecule has 5 heteroatoms. The molecule has 0 spiro atoms. The number of carboxylic acids is 1. The Morgan fingerprint density at radius 2 is 2.04 bits per heavy atom. The zero-order valence-corrected chi connectivity index (χ0v) is 14.8.